The van der Waals surface area contributed by atoms with Crippen LogP contribution in [0, 0.1) is 13.8 Å². The van der Waals surface area contributed by atoms with Gasteiger partial charge in [0, 0.05) is 22.6 Å². The van der Waals surface area contributed by atoms with Gasteiger partial charge in [-0.05, 0) is 92.4 Å². The van der Waals surface area contributed by atoms with Crippen LogP contribution in [-0.2, 0) is 26.2 Å². The van der Waals surface area contributed by atoms with Crippen LogP contribution in [0.4, 0.5) is 5.69 Å². The van der Waals surface area contributed by atoms with Gasteiger partial charge in [0.1, 0.15) is 12.6 Å². The average Bonchev–Trinajstić information content (AvgIpc) is 2.91. The topological polar surface area (TPSA) is 86.8 Å². The van der Waals surface area contributed by atoms with E-state index in [-0.39, 0.29) is 17.3 Å². The maximum atomic E-state index is 13.9. The lowest BCUT2D eigenvalue weighted by Gasteiger charge is -2.32. The second-order valence-corrected chi connectivity index (χ2v) is 12.6. The van der Waals surface area contributed by atoms with Crippen LogP contribution in [0.2, 0.25) is 5.02 Å². The monoisotopic (exact) mass is 633 g/mol. The first kappa shape index (κ1) is 30.7. The number of aryl methyl sites for hydroxylation is 2. The van der Waals surface area contributed by atoms with Gasteiger partial charge in [0.25, 0.3) is 10.0 Å². The summed E-state index contributed by atoms with van der Waals surface area (Å²) < 4.78 is 29.7. The Hall–Kier alpha value is -2.88. The minimum atomic E-state index is -4.15. The number of amides is 2. The molecular formula is C29H33BrClN3O4S. The lowest BCUT2D eigenvalue weighted by Crippen LogP contribution is -2.51. The van der Waals surface area contributed by atoms with Crippen LogP contribution >= 0.6 is 27.5 Å². The summed E-state index contributed by atoms with van der Waals surface area (Å²) in [5.41, 5.74) is 3.04. The van der Waals surface area contributed by atoms with E-state index in [0.29, 0.717) is 17.3 Å². The molecule has 10 heteroatoms. The van der Waals surface area contributed by atoms with E-state index in [4.69, 9.17) is 11.6 Å². The van der Waals surface area contributed by atoms with Crippen molar-refractivity contribution in [1.82, 2.24) is 10.2 Å². The van der Waals surface area contributed by atoms with Crippen LogP contribution in [0.1, 0.15) is 37.0 Å². The number of nitrogens with zero attached hydrogens (tertiary/aromatic N) is 2. The molecule has 2 amide bonds. The molecule has 0 fully saturated rings. The highest BCUT2D eigenvalue weighted by Gasteiger charge is 2.32. The van der Waals surface area contributed by atoms with Crippen molar-refractivity contribution in [3.63, 3.8) is 0 Å². The van der Waals surface area contributed by atoms with Crippen LogP contribution in [0.15, 0.2) is 76.1 Å². The molecular weight excluding hydrogens is 602 g/mol. The molecule has 0 heterocycles. The summed E-state index contributed by atoms with van der Waals surface area (Å²) in [5, 5.41) is 3.24. The van der Waals surface area contributed by atoms with Crippen molar-refractivity contribution in [3.8, 4) is 0 Å². The van der Waals surface area contributed by atoms with Gasteiger partial charge in [-0.2, -0.15) is 0 Å². The van der Waals surface area contributed by atoms with Gasteiger partial charge < -0.3 is 10.2 Å². The second kappa shape index (κ2) is 13.5. The Kier molecular flexibility index (Phi) is 10.6. The fraction of sp³-hybridized carbons (Fsp3) is 0.310. The molecule has 0 aliphatic heterocycles. The maximum absolute atomic E-state index is 13.9. The van der Waals surface area contributed by atoms with Gasteiger partial charge in [0.2, 0.25) is 11.8 Å². The van der Waals surface area contributed by atoms with E-state index < -0.39 is 28.5 Å². The van der Waals surface area contributed by atoms with Crippen LogP contribution < -0.4 is 9.62 Å². The summed E-state index contributed by atoms with van der Waals surface area (Å²) in [5.74, 6) is -0.812. The number of rotatable bonds is 11. The normalized spacial score (nSPS) is 12.1. The summed E-state index contributed by atoms with van der Waals surface area (Å²) in [6.07, 6.45) is 0.749. The summed E-state index contributed by atoms with van der Waals surface area (Å²) in [6.45, 7) is 7.52. The summed E-state index contributed by atoms with van der Waals surface area (Å²) >= 11 is 9.41. The molecule has 39 heavy (non-hydrogen) atoms. The van der Waals surface area contributed by atoms with Crippen molar-refractivity contribution >= 4 is 55.1 Å². The van der Waals surface area contributed by atoms with Gasteiger partial charge in [-0.15, -0.1) is 0 Å². The van der Waals surface area contributed by atoms with Gasteiger partial charge in [-0.3, -0.25) is 13.9 Å². The van der Waals surface area contributed by atoms with Gasteiger partial charge >= 0.3 is 0 Å². The Morgan fingerprint density at radius 3 is 2.21 bits per heavy atom. The zero-order chi connectivity index (χ0) is 28.7. The predicted molar refractivity (Wildman–Crippen MR) is 159 cm³/mol. The van der Waals surface area contributed by atoms with Crippen LogP contribution in [0.25, 0.3) is 0 Å². The Morgan fingerprint density at radius 1 is 0.974 bits per heavy atom. The average molecular weight is 635 g/mol. The molecule has 0 aromatic heterocycles. The minimum Gasteiger partial charge on any atom is -0.354 e. The van der Waals surface area contributed by atoms with Gasteiger partial charge in [0.15, 0.2) is 0 Å². The lowest BCUT2D eigenvalue weighted by molar-refractivity contribution is -0.139. The molecule has 3 rings (SSSR count). The number of anilines is 1. The molecule has 0 saturated heterocycles. The zero-order valence-corrected chi connectivity index (χ0v) is 25.6. The van der Waals surface area contributed by atoms with Crippen molar-refractivity contribution in [3.05, 3.63) is 92.9 Å². The molecule has 1 atom stereocenters. The Bertz CT molecular complexity index is 1410. The van der Waals surface area contributed by atoms with E-state index in [2.05, 4.69) is 21.2 Å². The fourth-order valence-electron chi connectivity index (χ4n) is 3.91. The third-order valence-corrected chi connectivity index (χ3v) is 9.01. The smallest absolute Gasteiger partial charge is 0.264 e. The standard InChI is InChI=1S/C29H33BrClN3O4S/c1-5-16-32-29(36)22(4)33(18-23-7-9-24(30)10-8-23)28(35)19-34(26-13-6-20(2)21(3)17-26)39(37,38)27-14-11-25(31)12-15-27/h6-15,17,22H,5,16,18-19H2,1-4H3,(H,32,36)/t22-/m0/s1. The summed E-state index contributed by atoms with van der Waals surface area (Å²) in [4.78, 5) is 28.3. The highest BCUT2D eigenvalue weighted by molar-refractivity contribution is 9.10. The molecule has 3 aromatic carbocycles. The van der Waals surface area contributed by atoms with E-state index in [1.54, 1.807) is 19.1 Å². The predicted octanol–water partition coefficient (Wildman–Crippen LogP) is 5.86. The number of nitrogens with one attached hydrogen (secondary N) is 1. The number of halogens is 2. The molecule has 3 aromatic rings. The molecule has 208 valence electrons. The molecule has 7 nitrogen and oxygen atoms in total. The quantitative estimate of drug-likeness (QED) is 0.286. The molecule has 1 N–H and O–H groups in total. The van der Waals surface area contributed by atoms with Crippen molar-refractivity contribution in [1.29, 1.82) is 0 Å². The second-order valence-electron chi connectivity index (χ2n) is 9.35. The van der Waals surface area contributed by atoms with Crippen molar-refractivity contribution in [2.45, 2.75) is 51.6 Å². The number of carbonyl (C=O) groups is 2. The minimum absolute atomic E-state index is 0.00567. The Labute approximate surface area is 244 Å². The van der Waals surface area contributed by atoms with E-state index >= 15 is 0 Å². The third-order valence-electron chi connectivity index (χ3n) is 6.44. The Balaban J connectivity index is 2.04. The van der Waals surface area contributed by atoms with Crippen molar-refractivity contribution < 1.29 is 18.0 Å². The van der Waals surface area contributed by atoms with Crippen molar-refractivity contribution in [2.75, 3.05) is 17.4 Å². The molecule has 0 aliphatic rings. The van der Waals surface area contributed by atoms with Crippen LogP contribution in [0.3, 0.4) is 0 Å². The van der Waals surface area contributed by atoms with Gasteiger partial charge in [0.05, 0.1) is 10.6 Å². The lowest BCUT2D eigenvalue weighted by atomic mass is 10.1. The molecule has 0 saturated carbocycles. The Morgan fingerprint density at radius 2 is 1.62 bits per heavy atom. The molecule has 0 radical (unpaired) electrons. The van der Waals surface area contributed by atoms with E-state index in [1.807, 2.05) is 51.1 Å². The highest BCUT2D eigenvalue weighted by Crippen LogP contribution is 2.27. The highest BCUT2D eigenvalue weighted by atomic mass is 79.9. The number of hydrogen-bond acceptors (Lipinski definition) is 4. The third kappa shape index (κ3) is 7.84. The number of benzene rings is 3. The zero-order valence-electron chi connectivity index (χ0n) is 22.4. The van der Waals surface area contributed by atoms with Gasteiger partial charge in [-0.25, -0.2) is 8.42 Å². The molecule has 0 unspecified atom stereocenters. The van der Waals surface area contributed by atoms with E-state index in [0.717, 1.165) is 31.9 Å². The summed E-state index contributed by atoms with van der Waals surface area (Å²) in [6, 6.07) is 17.6. The van der Waals surface area contributed by atoms with Gasteiger partial charge in [-0.1, -0.05) is 52.7 Å². The van der Waals surface area contributed by atoms with Crippen LogP contribution in [0.5, 0.6) is 0 Å². The number of hydrogen-bond donors (Lipinski definition) is 1. The molecule has 0 spiro atoms. The SMILES string of the molecule is CCCNC(=O)[C@H](C)N(Cc1ccc(Br)cc1)C(=O)CN(c1ccc(C)c(C)c1)S(=O)(=O)c1ccc(Cl)cc1. The first-order valence-corrected chi connectivity index (χ1v) is 15.2. The first-order chi connectivity index (χ1) is 18.4. The van der Waals surface area contributed by atoms with E-state index in [1.165, 1.54) is 29.2 Å². The first-order valence-electron chi connectivity index (χ1n) is 12.6. The number of carbonyl (C=O) groups excluding carboxylic acids is 2. The summed E-state index contributed by atoms with van der Waals surface area (Å²) in [7, 11) is -4.15. The molecule has 0 aliphatic carbocycles. The largest absolute Gasteiger partial charge is 0.354 e. The van der Waals surface area contributed by atoms with Crippen LogP contribution in [-0.4, -0.2) is 44.3 Å². The number of sulfonamides is 1. The van der Waals surface area contributed by atoms with Crippen molar-refractivity contribution in [2.24, 2.45) is 0 Å². The molecule has 0 bridgehead atoms. The maximum Gasteiger partial charge on any atom is 0.264 e. The fourth-order valence-corrected chi connectivity index (χ4v) is 5.70. The van der Waals surface area contributed by atoms with E-state index in [9.17, 15) is 18.0 Å².